The van der Waals surface area contributed by atoms with Crippen LogP contribution in [0.4, 0.5) is 0 Å². The second-order valence-corrected chi connectivity index (χ2v) is 7.52. The molecule has 0 saturated carbocycles. The highest BCUT2D eigenvalue weighted by molar-refractivity contribution is 7.87. The molecule has 7 heteroatoms. The summed E-state index contributed by atoms with van der Waals surface area (Å²) in [6.07, 6.45) is 1.61. The lowest BCUT2D eigenvalue weighted by atomic mass is 10.1. The Morgan fingerprint density at radius 2 is 1.80 bits per heavy atom. The third kappa shape index (κ3) is 5.26. The van der Waals surface area contributed by atoms with Crippen LogP contribution < -0.4 is 9.46 Å². The van der Waals surface area contributed by atoms with Gasteiger partial charge in [0.15, 0.2) is 0 Å². The summed E-state index contributed by atoms with van der Waals surface area (Å²) in [5.74, 6) is 1.14. The average Bonchev–Trinajstić information content (AvgIpc) is 2.58. The predicted molar refractivity (Wildman–Crippen MR) is 98.9 cm³/mol. The van der Waals surface area contributed by atoms with E-state index in [1.165, 1.54) is 9.87 Å². The van der Waals surface area contributed by atoms with Gasteiger partial charge in [0.25, 0.3) is 10.2 Å². The van der Waals surface area contributed by atoms with Gasteiger partial charge >= 0.3 is 0 Å². The van der Waals surface area contributed by atoms with Crippen molar-refractivity contribution in [1.29, 1.82) is 0 Å². The molecular formula is C18H25N3O3S. The molecule has 1 heterocycles. The number of rotatable bonds is 8. The Morgan fingerprint density at radius 3 is 2.44 bits per heavy atom. The quantitative estimate of drug-likeness (QED) is 0.782. The number of nitrogens with zero attached hydrogens (tertiary/aromatic N) is 2. The normalized spacial score (nSPS) is 11.7. The summed E-state index contributed by atoms with van der Waals surface area (Å²) in [6.45, 7) is 8.74. The highest BCUT2D eigenvalue weighted by Gasteiger charge is 2.17. The van der Waals surface area contributed by atoms with Crippen LogP contribution in [0.15, 0.2) is 36.5 Å². The van der Waals surface area contributed by atoms with Crippen LogP contribution in [0.2, 0.25) is 0 Å². The number of pyridine rings is 1. The summed E-state index contributed by atoms with van der Waals surface area (Å²) >= 11 is 0. The summed E-state index contributed by atoms with van der Waals surface area (Å²) in [4.78, 5) is 4.19. The van der Waals surface area contributed by atoms with Gasteiger partial charge in [-0.15, -0.1) is 0 Å². The molecule has 6 nitrogen and oxygen atoms in total. The van der Waals surface area contributed by atoms with Crippen LogP contribution in [0.1, 0.15) is 30.5 Å². The number of ether oxygens (including phenoxy) is 1. The lowest BCUT2D eigenvalue weighted by Crippen LogP contribution is -2.40. The van der Waals surface area contributed by atoms with Gasteiger partial charge < -0.3 is 4.74 Å². The van der Waals surface area contributed by atoms with Crippen molar-refractivity contribution in [3.63, 3.8) is 0 Å². The lowest BCUT2D eigenvalue weighted by Gasteiger charge is -2.18. The van der Waals surface area contributed by atoms with Crippen molar-refractivity contribution >= 4 is 10.2 Å². The van der Waals surface area contributed by atoms with Gasteiger partial charge in [-0.3, -0.25) is 0 Å². The van der Waals surface area contributed by atoms with Gasteiger partial charge in [0.05, 0.1) is 0 Å². The summed E-state index contributed by atoms with van der Waals surface area (Å²) in [6, 6.07) is 9.33. The molecule has 0 atom stereocenters. The topological polar surface area (TPSA) is 71.5 Å². The molecule has 136 valence electrons. The average molecular weight is 363 g/mol. The number of nitrogens with one attached hydrogen (secondary N) is 1. The summed E-state index contributed by atoms with van der Waals surface area (Å²) in [5.41, 5.74) is 3.12. The van der Waals surface area contributed by atoms with E-state index < -0.39 is 10.2 Å². The molecule has 0 saturated heterocycles. The number of hydrogen-bond donors (Lipinski definition) is 1. The largest absolute Gasteiger partial charge is 0.439 e. The summed E-state index contributed by atoms with van der Waals surface area (Å²) in [5, 5.41) is 0. The highest BCUT2D eigenvalue weighted by atomic mass is 32.2. The van der Waals surface area contributed by atoms with E-state index in [4.69, 9.17) is 4.74 Å². The van der Waals surface area contributed by atoms with Crippen LogP contribution in [0.25, 0.3) is 0 Å². The van der Waals surface area contributed by atoms with Crippen molar-refractivity contribution in [2.24, 2.45) is 0 Å². The summed E-state index contributed by atoms with van der Waals surface area (Å²) in [7, 11) is -3.48. The van der Waals surface area contributed by atoms with E-state index in [-0.39, 0.29) is 6.54 Å². The van der Waals surface area contributed by atoms with Gasteiger partial charge in [0.1, 0.15) is 5.75 Å². The Balaban J connectivity index is 2.07. The molecule has 2 rings (SSSR count). The minimum absolute atomic E-state index is 0.185. The third-order valence-corrected chi connectivity index (χ3v) is 5.71. The molecule has 0 aliphatic rings. The first-order chi connectivity index (χ1) is 11.9. The van der Waals surface area contributed by atoms with E-state index in [1.54, 1.807) is 18.3 Å². The van der Waals surface area contributed by atoms with Crippen LogP contribution in [-0.4, -0.2) is 30.8 Å². The number of benzene rings is 1. The molecule has 2 aromatic rings. The fraction of sp³-hybridized carbons (Fsp3) is 0.389. The molecule has 0 aliphatic carbocycles. The zero-order chi connectivity index (χ0) is 18.4. The second-order valence-electron chi connectivity index (χ2n) is 5.76. The minimum Gasteiger partial charge on any atom is -0.439 e. The molecular weight excluding hydrogens is 338 g/mol. The molecule has 0 aliphatic heterocycles. The Hall–Kier alpha value is -1.96. The summed E-state index contributed by atoms with van der Waals surface area (Å²) < 4.78 is 34.1. The third-order valence-electron chi connectivity index (χ3n) is 4.00. The fourth-order valence-corrected chi connectivity index (χ4v) is 3.56. The Bertz CT molecular complexity index is 818. The maximum Gasteiger partial charge on any atom is 0.279 e. The number of aryl methyl sites for hydroxylation is 2. The fourth-order valence-electron chi connectivity index (χ4n) is 2.34. The SMILES string of the molecule is CCN(CC)S(=O)(=O)NCc1ccnc(Oc2ccc(C)c(C)c2)c1. The van der Waals surface area contributed by atoms with Gasteiger partial charge in [0.2, 0.25) is 5.88 Å². The van der Waals surface area contributed by atoms with Gasteiger partial charge in [-0.2, -0.15) is 17.4 Å². The van der Waals surface area contributed by atoms with Crippen molar-refractivity contribution in [2.45, 2.75) is 34.2 Å². The molecule has 1 aromatic carbocycles. The first kappa shape index (κ1) is 19.4. The van der Waals surface area contributed by atoms with E-state index in [0.717, 1.165) is 11.1 Å². The van der Waals surface area contributed by atoms with E-state index in [0.29, 0.717) is 24.7 Å². The van der Waals surface area contributed by atoms with Crippen molar-refractivity contribution in [3.05, 3.63) is 53.2 Å². The molecule has 0 unspecified atom stereocenters. The van der Waals surface area contributed by atoms with Crippen LogP contribution in [-0.2, 0) is 16.8 Å². The van der Waals surface area contributed by atoms with E-state index in [9.17, 15) is 8.42 Å². The minimum atomic E-state index is -3.48. The van der Waals surface area contributed by atoms with Crippen molar-refractivity contribution in [2.75, 3.05) is 13.1 Å². The highest BCUT2D eigenvalue weighted by Crippen LogP contribution is 2.22. The maximum atomic E-state index is 12.2. The predicted octanol–water partition coefficient (Wildman–Crippen LogP) is 3.17. The van der Waals surface area contributed by atoms with E-state index in [2.05, 4.69) is 9.71 Å². The first-order valence-electron chi connectivity index (χ1n) is 8.30. The van der Waals surface area contributed by atoms with Gasteiger partial charge in [-0.25, -0.2) is 4.98 Å². The molecule has 0 fully saturated rings. The van der Waals surface area contributed by atoms with Crippen LogP contribution >= 0.6 is 0 Å². The molecule has 1 aromatic heterocycles. The number of aromatic nitrogens is 1. The standard InChI is InChI=1S/C18H25N3O3S/c1-5-21(6-2)25(22,23)20-13-16-9-10-19-18(12-16)24-17-8-7-14(3)15(4)11-17/h7-12,20H,5-6,13H2,1-4H3. The number of hydrogen-bond acceptors (Lipinski definition) is 4. The zero-order valence-corrected chi connectivity index (χ0v) is 15.9. The van der Waals surface area contributed by atoms with E-state index in [1.807, 2.05) is 45.9 Å². The van der Waals surface area contributed by atoms with Crippen LogP contribution in [0.3, 0.4) is 0 Å². The Kier molecular flexibility index (Phi) is 6.52. The molecule has 0 bridgehead atoms. The van der Waals surface area contributed by atoms with Gasteiger partial charge in [-0.05, 0) is 48.7 Å². The molecule has 0 radical (unpaired) electrons. The zero-order valence-electron chi connectivity index (χ0n) is 15.1. The van der Waals surface area contributed by atoms with E-state index >= 15 is 0 Å². The maximum absolute atomic E-state index is 12.2. The van der Waals surface area contributed by atoms with Gasteiger partial charge in [0, 0.05) is 31.9 Å². The Morgan fingerprint density at radius 1 is 1.08 bits per heavy atom. The lowest BCUT2D eigenvalue weighted by molar-refractivity contribution is 0.434. The van der Waals surface area contributed by atoms with Crippen LogP contribution in [0, 0.1) is 13.8 Å². The smallest absolute Gasteiger partial charge is 0.279 e. The molecule has 0 amide bonds. The Labute approximate surface area is 150 Å². The first-order valence-corrected chi connectivity index (χ1v) is 9.74. The van der Waals surface area contributed by atoms with Crippen molar-refractivity contribution in [3.8, 4) is 11.6 Å². The van der Waals surface area contributed by atoms with Gasteiger partial charge in [-0.1, -0.05) is 19.9 Å². The monoisotopic (exact) mass is 363 g/mol. The molecule has 25 heavy (non-hydrogen) atoms. The van der Waals surface area contributed by atoms with Crippen LogP contribution in [0.5, 0.6) is 11.6 Å². The van der Waals surface area contributed by atoms with Crippen molar-refractivity contribution < 1.29 is 13.2 Å². The van der Waals surface area contributed by atoms with Crippen molar-refractivity contribution in [1.82, 2.24) is 14.0 Å². The molecule has 1 N–H and O–H groups in total. The second kappa shape index (κ2) is 8.42. The molecule has 0 spiro atoms.